The van der Waals surface area contributed by atoms with Gasteiger partial charge in [-0.1, -0.05) is 48.5 Å². The van der Waals surface area contributed by atoms with Crippen LogP contribution < -0.4 is 20.1 Å². The number of halogens is 1. The molecule has 4 aromatic carbocycles. The second-order valence-electron chi connectivity index (χ2n) is 11.3. The van der Waals surface area contributed by atoms with Crippen molar-refractivity contribution >= 4 is 45.2 Å². The van der Waals surface area contributed by atoms with Gasteiger partial charge < -0.3 is 34.5 Å². The monoisotopic (exact) mass is 715 g/mol. The average Bonchev–Trinajstić information content (AvgIpc) is 3.52. The van der Waals surface area contributed by atoms with E-state index in [1.54, 1.807) is 48.5 Å². The van der Waals surface area contributed by atoms with Crippen LogP contribution in [0.15, 0.2) is 102 Å². The number of urea groups is 1. The van der Waals surface area contributed by atoms with Gasteiger partial charge in [-0.05, 0) is 88.4 Å². The SMILES string of the molecule is COC(=O)c1ccc(OC[C@@H]2CC[C@H](COCc3ccccc3)N2C(=O)Cc2ccc(NC(=O)Nc3ccccc3Br)c(OC)c2)cc1. The van der Waals surface area contributed by atoms with Crippen LogP contribution in [0.25, 0.3) is 0 Å². The van der Waals surface area contributed by atoms with Crippen LogP contribution in [0.2, 0.25) is 0 Å². The molecule has 11 heteroatoms. The lowest BCUT2D eigenvalue weighted by molar-refractivity contribution is -0.135. The van der Waals surface area contributed by atoms with Crippen LogP contribution in [0.5, 0.6) is 11.5 Å². The molecular weight excluding hydrogens is 678 g/mol. The number of likely N-dealkylation sites (tertiary alicyclic amines) is 1. The summed E-state index contributed by atoms with van der Waals surface area (Å²) in [6, 6.07) is 28.5. The van der Waals surface area contributed by atoms with E-state index < -0.39 is 12.0 Å². The quantitative estimate of drug-likeness (QED) is 0.142. The number of methoxy groups -OCH3 is 2. The van der Waals surface area contributed by atoms with Crippen molar-refractivity contribution < 1.29 is 33.3 Å². The fourth-order valence-corrected chi connectivity index (χ4v) is 6.02. The minimum absolute atomic E-state index is 0.0649. The number of benzene rings is 4. The molecule has 0 bridgehead atoms. The third-order valence-corrected chi connectivity index (χ3v) is 8.73. The summed E-state index contributed by atoms with van der Waals surface area (Å²) in [6.45, 7) is 1.13. The number of nitrogens with zero attached hydrogens (tertiary/aromatic N) is 1. The Morgan fingerprint density at radius 3 is 2.19 bits per heavy atom. The minimum Gasteiger partial charge on any atom is -0.495 e. The zero-order valence-electron chi connectivity index (χ0n) is 26.8. The molecule has 0 aliphatic carbocycles. The summed E-state index contributed by atoms with van der Waals surface area (Å²) in [7, 11) is 2.86. The summed E-state index contributed by atoms with van der Waals surface area (Å²) in [6.07, 6.45) is 1.65. The Hall–Kier alpha value is -4.87. The zero-order valence-corrected chi connectivity index (χ0v) is 28.4. The van der Waals surface area contributed by atoms with E-state index in [0.717, 1.165) is 28.4 Å². The minimum atomic E-state index is -0.429. The van der Waals surface area contributed by atoms with Crippen LogP contribution >= 0.6 is 15.9 Å². The first kappa shape index (κ1) is 34.5. The Kier molecular flexibility index (Phi) is 12.1. The Balaban J connectivity index is 1.26. The lowest BCUT2D eigenvalue weighted by atomic mass is 10.1. The van der Waals surface area contributed by atoms with Crippen molar-refractivity contribution in [3.8, 4) is 11.5 Å². The third kappa shape index (κ3) is 9.14. The number of hydrogen-bond donors (Lipinski definition) is 2. The number of carbonyl (C=O) groups is 3. The Labute approximate surface area is 288 Å². The van der Waals surface area contributed by atoms with Gasteiger partial charge in [0, 0.05) is 4.47 Å². The van der Waals surface area contributed by atoms with Crippen molar-refractivity contribution in [1.29, 1.82) is 0 Å². The molecule has 3 amide bonds. The Morgan fingerprint density at radius 2 is 1.48 bits per heavy atom. The Bertz CT molecular complexity index is 1700. The van der Waals surface area contributed by atoms with Gasteiger partial charge in [-0.2, -0.15) is 0 Å². The largest absolute Gasteiger partial charge is 0.495 e. The molecular formula is C37H38BrN3O7. The smallest absolute Gasteiger partial charge is 0.337 e. The van der Waals surface area contributed by atoms with Gasteiger partial charge in [0.1, 0.15) is 18.1 Å². The summed E-state index contributed by atoms with van der Waals surface area (Å²) in [5.41, 5.74) is 3.33. The fraction of sp³-hybridized carbons (Fsp3) is 0.270. The van der Waals surface area contributed by atoms with Crippen LogP contribution in [0.1, 0.15) is 34.3 Å². The van der Waals surface area contributed by atoms with Crippen LogP contribution in [-0.2, 0) is 27.3 Å². The molecule has 1 fully saturated rings. The third-order valence-electron chi connectivity index (χ3n) is 8.04. The van der Waals surface area contributed by atoms with Gasteiger partial charge in [0.05, 0.1) is 62.9 Å². The summed E-state index contributed by atoms with van der Waals surface area (Å²) >= 11 is 3.43. The van der Waals surface area contributed by atoms with Gasteiger partial charge in [-0.25, -0.2) is 9.59 Å². The van der Waals surface area contributed by atoms with E-state index in [-0.39, 0.29) is 31.0 Å². The van der Waals surface area contributed by atoms with Gasteiger partial charge >= 0.3 is 12.0 Å². The van der Waals surface area contributed by atoms with Gasteiger partial charge in [0.25, 0.3) is 0 Å². The number of ether oxygens (including phenoxy) is 4. The molecule has 1 aliphatic heterocycles. The number of amides is 3. The second-order valence-corrected chi connectivity index (χ2v) is 12.1. The van der Waals surface area contributed by atoms with Crippen molar-refractivity contribution in [2.45, 2.75) is 38.0 Å². The highest BCUT2D eigenvalue weighted by atomic mass is 79.9. The highest BCUT2D eigenvalue weighted by Crippen LogP contribution is 2.30. The van der Waals surface area contributed by atoms with Crippen molar-refractivity contribution in [3.63, 3.8) is 0 Å². The lowest BCUT2D eigenvalue weighted by Crippen LogP contribution is -2.46. The van der Waals surface area contributed by atoms with E-state index in [1.807, 2.05) is 53.4 Å². The molecule has 1 heterocycles. The second kappa shape index (κ2) is 16.8. The van der Waals surface area contributed by atoms with Crippen molar-refractivity contribution in [2.75, 3.05) is 38.1 Å². The van der Waals surface area contributed by atoms with Gasteiger partial charge in [0.2, 0.25) is 5.91 Å². The highest BCUT2D eigenvalue weighted by Gasteiger charge is 2.37. The van der Waals surface area contributed by atoms with Crippen LogP contribution in [-0.4, -0.2) is 62.3 Å². The van der Waals surface area contributed by atoms with E-state index in [1.165, 1.54) is 14.2 Å². The molecule has 250 valence electrons. The molecule has 0 radical (unpaired) electrons. The van der Waals surface area contributed by atoms with Gasteiger partial charge in [-0.3, -0.25) is 4.79 Å². The number of esters is 1. The molecule has 4 aromatic rings. The lowest BCUT2D eigenvalue weighted by Gasteiger charge is -2.30. The first-order valence-electron chi connectivity index (χ1n) is 15.6. The van der Waals surface area contributed by atoms with Crippen molar-refractivity contribution in [3.05, 3.63) is 118 Å². The van der Waals surface area contributed by atoms with E-state index in [9.17, 15) is 14.4 Å². The maximum atomic E-state index is 14.0. The summed E-state index contributed by atoms with van der Waals surface area (Å²) in [5.74, 6) is 0.541. The molecule has 2 N–H and O–H groups in total. The molecule has 0 aromatic heterocycles. The van der Waals surface area contributed by atoms with Gasteiger partial charge in [-0.15, -0.1) is 0 Å². The number of hydrogen-bond acceptors (Lipinski definition) is 7. The van der Waals surface area contributed by atoms with Crippen molar-refractivity contribution in [2.24, 2.45) is 0 Å². The molecule has 10 nitrogen and oxygen atoms in total. The van der Waals surface area contributed by atoms with Crippen LogP contribution in [0.4, 0.5) is 16.2 Å². The molecule has 0 saturated carbocycles. The molecule has 0 spiro atoms. The molecule has 2 atom stereocenters. The molecule has 1 aliphatic rings. The predicted molar refractivity (Wildman–Crippen MR) is 187 cm³/mol. The first-order valence-corrected chi connectivity index (χ1v) is 16.4. The standard InChI is InChI=1S/C37H38BrN3O7/c1-45-34-20-26(12-19-33(34)40-37(44)39-32-11-7-6-10-31(32)38)21-35(42)41-28(23-47-22-25-8-4-3-5-9-25)15-16-29(41)24-48-30-17-13-27(14-18-30)36(43)46-2/h3-14,17-20,28-29H,15-16,21-24H2,1-2H3,(H2,39,40,44)/t28-,29+/m1/s1. The zero-order chi connectivity index (χ0) is 33.9. The number of anilines is 2. The number of nitrogens with one attached hydrogen (secondary N) is 2. The first-order chi connectivity index (χ1) is 23.3. The topological polar surface area (TPSA) is 115 Å². The normalized spacial score (nSPS) is 15.4. The van der Waals surface area contributed by atoms with E-state index in [2.05, 4.69) is 26.6 Å². The van der Waals surface area contributed by atoms with E-state index >= 15 is 0 Å². The maximum absolute atomic E-state index is 14.0. The number of carbonyl (C=O) groups excluding carboxylic acids is 3. The van der Waals surface area contributed by atoms with Gasteiger partial charge in [0.15, 0.2) is 0 Å². The summed E-state index contributed by atoms with van der Waals surface area (Å²) in [5, 5.41) is 5.63. The molecule has 48 heavy (non-hydrogen) atoms. The molecule has 0 unspecified atom stereocenters. The predicted octanol–water partition coefficient (Wildman–Crippen LogP) is 7.09. The van der Waals surface area contributed by atoms with E-state index in [4.69, 9.17) is 18.9 Å². The average molecular weight is 717 g/mol. The highest BCUT2D eigenvalue weighted by molar-refractivity contribution is 9.10. The van der Waals surface area contributed by atoms with E-state index in [0.29, 0.717) is 41.7 Å². The maximum Gasteiger partial charge on any atom is 0.337 e. The molecule has 1 saturated heterocycles. The number of rotatable bonds is 13. The summed E-state index contributed by atoms with van der Waals surface area (Å²) in [4.78, 5) is 40.4. The van der Waals surface area contributed by atoms with Crippen LogP contribution in [0.3, 0.4) is 0 Å². The molecule has 5 rings (SSSR count). The van der Waals surface area contributed by atoms with Crippen molar-refractivity contribution in [1.82, 2.24) is 4.90 Å². The fourth-order valence-electron chi connectivity index (χ4n) is 5.63. The van der Waals surface area contributed by atoms with Crippen LogP contribution in [0, 0.1) is 0 Å². The summed E-state index contributed by atoms with van der Waals surface area (Å²) < 4.78 is 23.3. The Morgan fingerprint density at radius 1 is 0.792 bits per heavy atom. The number of para-hydroxylation sites is 1.